The summed E-state index contributed by atoms with van der Waals surface area (Å²) in [6, 6.07) is 1.88. The molecule has 112 valence electrons. The number of nitrogens with zero attached hydrogens (tertiary/aromatic N) is 2. The Bertz CT molecular complexity index is 361. The van der Waals surface area contributed by atoms with E-state index in [9.17, 15) is 9.18 Å². The van der Waals surface area contributed by atoms with E-state index in [1.54, 1.807) is 4.90 Å². The first-order valence-electron chi connectivity index (χ1n) is 7.76. The molecule has 1 saturated heterocycles. The van der Waals surface area contributed by atoms with Crippen molar-refractivity contribution in [2.45, 2.75) is 69.6 Å². The van der Waals surface area contributed by atoms with E-state index in [2.05, 4.69) is 11.4 Å². The Labute approximate surface area is 120 Å². The minimum atomic E-state index is -0.978. The summed E-state index contributed by atoms with van der Waals surface area (Å²) in [6.45, 7) is 0.353. The standard InChI is InChI=1S/C15H24FN3O/c16-12-8-14(9-17)19(10-12)11-15(20)18-13-6-4-2-1-3-5-7-13/h12-14H,1-8,10-11H2,(H,18,20)/t12-,14-/m0/s1. The monoisotopic (exact) mass is 281 g/mol. The highest BCUT2D eigenvalue weighted by Crippen LogP contribution is 2.20. The molecule has 0 aromatic rings. The highest BCUT2D eigenvalue weighted by Gasteiger charge is 2.33. The van der Waals surface area contributed by atoms with Crippen LogP contribution in [0.15, 0.2) is 0 Å². The molecule has 20 heavy (non-hydrogen) atoms. The van der Waals surface area contributed by atoms with Gasteiger partial charge < -0.3 is 5.32 Å². The van der Waals surface area contributed by atoms with Gasteiger partial charge in [0.1, 0.15) is 12.2 Å². The minimum Gasteiger partial charge on any atom is -0.352 e. The number of amides is 1. The van der Waals surface area contributed by atoms with Crippen molar-refractivity contribution < 1.29 is 9.18 Å². The predicted octanol–water partition coefficient (Wildman–Crippen LogP) is 2.15. The zero-order valence-corrected chi connectivity index (χ0v) is 12.0. The molecule has 0 bridgehead atoms. The van der Waals surface area contributed by atoms with Gasteiger partial charge in [0, 0.05) is 19.0 Å². The summed E-state index contributed by atoms with van der Waals surface area (Å²) in [5.74, 6) is -0.0649. The Morgan fingerprint density at radius 2 is 1.90 bits per heavy atom. The normalized spacial score (nSPS) is 29.4. The van der Waals surface area contributed by atoms with E-state index in [-0.39, 0.29) is 31.5 Å². The van der Waals surface area contributed by atoms with E-state index in [1.807, 2.05) is 0 Å². The molecule has 2 rings (SSSR count). The second kappa shape index (κ2) is 7.58. The van der Waals surface area contributed by atoms with Crippen molar-refractivity contribution in [3.05, 3.63) is 0 Å². The van der Waals surface area contributed by atoms with Gasteiger partial charge in [-0.25, -0.2) is 4.39 Å². The molecule has 0 radical (unpaired) electrons. The number of hydrogen-bond acceptors (Lipinski definition) is 3. The maximum atomic E-state index is 13.3. The number of carbonyl (C=O) groups is 1. The quantitative estimate of drug-likeness (QED) is 0.862. The van der Waals surface area contributed by atoms with Crippen molar-refractivity contribution >= 4 is 5.91 Å². The highest BCUT2D eigenvalue weighted by molar-refractivity contribution is 5.78. The smallest absolute Gasteiger partial charge is 0.234 e. The van der Waals surface area contributed by atoms with E-state index < -0.39 is 12.2 Å². The number of rotatable bonds is 3. The first kappa shape index (κ1) is 15.2. The average molecular weight is 281 g/mol. The van der Waals surface area contributed by atoms with Gasteiger partial charge in [-0.15, -0.1) is 0 Å². The second-order valence-electron chi connectivity index (χ2n) is 6.02. The number of nitrogens with one attached hydrogen (secondary N) is 1. The third-order valence-corrected chi connectivity index (χ3v) is 4.32. The van der Waals surface area contributed by atoms with E-state index in [0.29, 0.717) is 0 Å². The lowest BCUT2D eigenvalue weighted by molar-refractivity contribution is -0.123. The summed E-state index contributed by atoms with van der Waals surface area (Å²) in [7, 11) is 0. The van der Waals surface area contributed by atoms with Gasteiger partial charge in [0.25, 0.3) is 0 Å². The number of nitriles is 1. The van der Waals surface area contributed by atoms with Crippen LogP contribution in [0.5, 0.6) is 0 Å². The van der Waals surface area contributed by atoms with Crippen LogP contribution in [-0.4, -0.2) is 42.2 Å². The summed E-state index contributed by atoms with van der Waals surface area (Å²) in [6.07, 6.45) is 7.47. The number of halogens is 1. The summed E-state index contributed by atoms with van der Waals surface area (Å²) >= 11 is 0. The molecule has 5 heteroatoms. The molecule has 0 spiro atoms. The Morgan fingerprint density at radius 3 is 2.55 bits per heavy atom. The number of likely N-dealkylation sites (tertiary alicyclic amines) is 1. The lowest BCUT2D eigenvalue weighted by Gasteiger charge is -2.23. The molecule has 0 aromatic carbocycles. The fraction of sp³-hybridized carbons (Fsp3) is 0.867. The van der Waals surface area contributed by atoms with Crippen LogP contribution in [0.1, 0.15) is 51.4 Å². The van der Waals surface area contributed by atoms with Gasteiger partial charge in [-0.05, 0) is 12.8 Å². The zero-order chi connectivity index (χ0) is 14.4. The number of carbonyl (C=O) groups excluding carboxylic acids is 1. The first-order valence-corrected chi connectivity index (χ1v) is 7.76. The molecule has 1 aliphatic heterocycles. The van der Waals surface area contributed by atoms with Crippen molar-refractivity contribution in [3.8, 4) is 6.07 Å². The molecule has 1 N–H and O–H groups in total. The van der Waals surface area contributed by atoms with E-state index in [1.165, 1.54) is 32.1 Å². The van der Waals surface area contributed by atoms with Crippen LogP contribution in [-0.2, 0) is 4.79 Å². The fourth-order valence-corrected chi connectivity index (χ4v) is 3.21. The third kappa shape index (κ3) is 4.45. The largest absolute Gasteiger partial charge is 0.352 e. The minimum absolute atomic E-state index is 0.0649. The van der Waals surface area contributed by atoms with E-state index >= 15 is 0 Å². The molecule has 1 heterocycles. The first-order chi connectivity index (χ1) is 9.69. The summed E-state index contributed by atoms with van der Waals surface area (Å²) in [5.41, 5.74) is 0. The lowest BCUT2D eigenvalue weighted by atomic mass is 9.97. The third-order valence-electron chi connectivity index (χ3n) is 4.32. The molecule has 1 aliphatic carbocycles. The van der Waals surface area contributed by atoms with Gasteiger partial charge in [-0.3, -0.25) is 9.69 Å². The molecule has 0 unspecified atom stereocenters. The van der Waals surface area contributed by atoms with Crippen molar-refractivity contribution in [3.63, 3.8) is 0 Å². The van der Waals surface area contributed by atoms with E-state index in [4.69, 9.17) is 5.26 Å². The zero-order valence-electron chi connectivity index (χ0n) is 12.0. The summed E-state index contributed by atoms with van der Waals surface area (Å²) in [5, 5.41) is 12.0. The van der Waals surface area contributed by atoms with Crippen LogP contribution in [0.3, 0.4) is 0 Å². The van der Waals surface area contributed by atoms with Crippen LogP contribution in [0, 0.1) is 11.3 Å². The Hall–Kier alpha value is -1.15. The molecular formula is C15H24FN3O. The Kier molecular flexibility index (Phi) is 5.78. The maximum absolute atomic E-state index is 13.3. The topological polar surface area (TPSA) is 56.1 Å². The van der Waals surface area contributed by atoms with Crippen LogP contribution in [0.4, 0.5) is 4.39 Å². The Balaban J connectivity index is 1.78. The van der Waals surface area contributed by atoms with Gasteiger partial charge in [-0.1, -0.05) is 32.1 Å². The highest BCUT2D eigenvalue weighted by atomic mass is 19.1. The Morgan fingerprint density at radius 1 is 1.25 bits per heavy atom. The van der Waals surface area contributed by atoms with Crippen LogP contribution < -0.4 is 5.32 Å². The van der Waals surface area contributed by atoms with Crippen LogP contribution in [0.2, 0.25) is 0 Å². The fourth-order valence-electron chi connectivity index (χ4n) is 3.21. The number of alkyl halides is 1. The van der Waals surface area contributed by atoms with Crippen molar-refractivity contribution in [1.82, 2.24) is 10.2 Å². The van der Waals surface area contributed by atoms with Crippen molar-refractivity contribution in [2.24, 2.45) is 0 Å². The second-order valence-corrected chi connectivity index (χ2v) is 6.02. The molecule has 1 amide bonds. The lowest BCUT2D eigenvalue weighted by Crippen LogP contribution is -2.43. The summed E-state index contributed by atoms with van der Waals surface area (Å²) < 4.78 is 13.3. The molecule has 2 atom stereocenters. The predicted molar refractivity (Wildman–Crippen MR) is 74.7 cm³/mol. The van der Waals surface area contributed by atoms with Crippen molar-refractivity contribution in [2.75, 3.05) is 13.1 Å². The van der Waals surface area contributed by atoms with Crippen molar-refractivity contribution in [1.29, 1.82) is 5.26 Å². The van der Waals surface area contributed by atoms with Crippen LogP contribution in [0.25, 0.3) is 0 Å². The average Bonchev–Trinajstić information content (AvgIpc) is 2.72. The molecule has 4 nitrogen and oxygen atoms in total. The molecule has 2 aliphatic rings. The maximum Gasteiger partial charge on any atom is 0.234 e. The molecule has 0 aromatic heterocycles. The van der Waals surface area contributed by atoms with Gasteiger partial charge in [0.15, 0.2) is 0 Å². The van der Waals surface area contributed by atoms with Gasteiger partial charge in [0.2, 0.25) is 5.91 Å². The van der Waals surface area contributed by atoms with Gasteiger partial charge in [-0.2, -0.15) is 5.26 Å². The SMILES string of the molecule is N#C[C@@H]1C[C@H](F)CN1CC(=O)NC1CCCCCCC1. The van der Waals surface area contributed by atoms with E-state index in [0.717, 1.165) is 12.8 Å². The number of hydrogen-bond donors (Lipinski definition) is 1. The molecular weight excluding hydrogens is 257 g/mol. The molecule has 1 saturated carbocycles. The molecule has 2 fully saturated rings. The summed E-state index contributed by atoms with van der Waals surface area (Å²) in [4.78, 5) is 13.7. The van der Waals surface area contributed by atoms with Gasteiger partial charge >= 0.3 is 0 Å². The van der Waals surface area contributed by atoms with Crippen LogP contribution >= 0.6 is 0 Å². The van der Waals surface area contributed by atoms with Gasteiger partial charge in [0.05, 0.1) is 12.6 Å².